The van der Waals surface area contributed by atoms with Crippen LogP contribution in [-0.4, -0.2) is 36.0 Å². The number of carbonyl (C=O) groups is 2. The molecular formula is C17H17NO5. The van der Waals surface area contributed by atoms with Crippen molar-refractivity contribution in [2.45, 2.75) is 25.9 Å². The first-order valence-corrected chi connectivity index (χ1v) is 7.59. The number of rotatable bonds is 3. The molecule has 1 amide bonds. The molecule has 1 aliphatic heterocycles. The molecule has 0 aliphatic carbocycles. The van der Waals surface area contributed by atoms with E-state index in [0.29, 0.717) is 24.1 Å². The number of para-hydroxylation sites is 1. The van der Waals surface area contributed by atoms with Crippen LogP contribution in [0.5, 0.6) is 0 Å². The van der Waals surface area contributed by atoms with Crippen molar-refractivity contribution < 1.29 is 18.7 Å². The average Bonchev–Trinajstić information content (AvgIpc) is 3.08. The fourth-order valence-electron chi connectivity index (χ4n) is 2.67. The molecular weight excluding hydrogens is 298 g/mol. The first kappa shape index (κ1) is 15.3. The molecule has 1 aliphatic rings. The van der Waals surface area contributed by atoms with Gasteiger partial charge >= 0.3 is 5.97 Å². The van der Waals surface area contributed by atoms with E-state index in [9.17, 15) is 14.4 Å². The molecule has 0 N–H and O–H groups in total. The monoisotopic (exact) mass is 315 g/mol. The summed E-state index contributed by atoms with van der Waals surface area (Å²) < 4.78 is 10.6. The Bertz CT molecular complexity index is 804. The molecule has 2 heterocycles. The second-order valence-electron chi connectivity index (χ2n) is 5.55. The van der Waals surface area contributed by atoms with Crippen molar-refractivity contribution in [2.24, 2.45) is 0 Å². The SMILES string of the molecule is CC(OC(=O)c1cc(=O)c2ccccc2o1)C(=O)N1CCCC1. The summed E-state index contributed by atoms with van der Waals surface area (Å²) in [6.45, 7) is 2.90. The third kappa shape index (κ3) is 3.11. The van der Waals surface area contributed by atoms with E-state index in [-0.39, 0.29) is 17.1 Å². The summed E-state index contributed by atoms with van der Waals surface area (Å²) in [5, 5.41) is 0.394. The molecule has 1 atom stereocenters. The van der Waals surface area contributed by atoms with Crippen LogP contribution in [0.2, 0.25) is 0 Å². The Morgan fingerprint density at radius 2 is 1.91 bits per heavy atom. The highest BCUT2D eigenvalue weighted by molar-refractivity contribution is 5.91. The van der Waals surface area contributed by atoms with Gasteiger partial charge in [-0.05, 0) is 31.9 Å². The molecule has 6 nitrogen and oxygen atoms in total. The van der Waals surface area contributed by atoms with Crippen LogP contribution in [0, 0.1) is 0 Å². The largest absolute Gasteiger partial charge is 0.449 e. The number of nitrogens with zero attached hydrogens (tertiary/aromatic N) is 1. The molecule has 1 unspecified atom stereocenters. The first-order chi connectivity index (χ1) is 11.1. The predicted molar refractivity (Wildman–Crippen MR) is 83.2 cm³/mol. The van der Waals surface area contributed by atoms with E-state index in [0.717, 1.165) is 18.9 Å². The second-order valence-corrected chi connectivity index (χ2v) is 5.55. The fraction of sp³-hybridized carbons (Fsp3) is 0.353. The highest BCUT2D eigenvalue weighted by atomic mass is 16.6. The van der Waals surface area contributed by atoms with Crippen LogP contribution >= 0.6 is 0 Å². The van der Waals surface area contributed by atoms with Gasteiger partial charge in [-0.25, -0.2) is 4.79 Å². The van der Waals surface area contributed by atoms with Gasteiger partial charge in [0.05, 0.1) is 5.39 Å². The molecule has 1 saturated heterocycles. The molecule has 1 aromatic heterocycles. The minimum absolute atomic E-state index is 0.199. The summed E-state index contributed by atoms with van der Waals surface area (Å²) in [4.78, 5) is 38.0. The lowest BCUT2D eigenvalue weighted by Gasteiger charge is -2.20. The smallest absolute Gasteiger partial charge is 0.375 e. The van der Waals surface area contributed by atoms with Gasteiger partial charge in [0.2, 0.25) is 5.76 Å². The molecule has 0 bridgehead atoms. The molecule has 0 radical (unpaired) electrons. The van der Waals surface area contributed by atoms with Crippen molar-refractivity contribution in [1.82, 2.24) is 4.90 Å². The van der Waals surface area contributed by atoms with E-state index in [2.05, 4.69) is 0 Å². The van der Waals surface area contributed by atoms with Crippen LogP contribution in [-0.2, 0) is 9.53 Å². The van der Waals surface area contributed by atoms with E-state index in [4.69, 9.17) is 9.15 Å². The first-order valence-electron chi connectivity index (χ1n) is 7.59. The van der Waals surface area contributed by atoms with E-state index in [1.807, 2.05) is 0 Å². The van der Waals surface area contributed by atoms with E-state index in [1.54, 1.807) is 29.2 Å². The standard InChI is InChI=1S/C17H17NO5/c1-11(16(20)18-8-4-5-9-18)22-17(21)15-10-13(19)12-6-2-3-7-14(12)23-15/h2-3,6-7,10-11H,4-5,8-9H2,1H3. The van der Waals surface area contributed by atoms with Crippen molar-refractivity contribution in [1.29, 1.82) is 0 Å². The van der Waals surface area contributed by atoms with Gasteiger partial charge in [-0.15, -0.1) is 0 Å². The van der Waals surface area contributed by atoms with Gasteiger partial charge in [-0.3, -0.25) is 9.59 Å². The number of hydrogen-bond donors (Lipinski definition) is 0. The Labute approximate surface area is 132 Å². The number of esters is 1. The van der Waals surface area contributed by atoms with Crippen molar-refractivity contribution in [3.8, 4) is 0 Å². The number of likely N-dealkylation sites (tertiary alicyclic amines) is 1. The minimum atomic E-state index is -0.905. The number of hydrogen-bond acceptors (Lipinski definition) is 5. The van der Waals surface area contributed by atoms with Crippen molar-refractivity contribution in [3.63, 3.8) is 0 Å². The zero-order valence-corrected chi connectivity index (χ0v) is 12.8. The summed E-state index contributed by atoms with van der Waals surface area (Å²) in [7, 11) is 0. The van der Waals surface area contributed by atoms with E-state index >= 15 is 0 Å². The highest BCUT2D eigenvalue weighted by Crippen LogP contribution is 2.15. The van der Waals surface area contributed by atoms with Crippen LogP contribution in [0.4, 0.5) is 0 Å². The summed E-state index contributed by atoms with van der Waals surface area (Å²) in [6, 6.07) is 7.74. The molecule has 2 aromatic rings. The number of carbonyl (C=O) groups excluding carboxylic acids is 2. The van der Waals surface area contributed by atoms with Gasteiger partial charge in [0.15, 0.2) is 11.5 Å². The average molecular weight is 315 g/mol. The Hall–Kier alpha value is -2.63. The number of amides is 1. The number of fused-ring (bicyclic) bond motifs is 1. The molecule has 23 heavy (non-hydrogen) atoms. The Balaban J connectivity index is 1.77. The minimum Gasteiger partial charge on any atom is -0.449 e. The van der Waals surface area contributed by atoms with Crippen LogP contribution in [0.15, 0.2) is 39.5 Å². The maximum absolute atomic E-state index is 12.1. The van der Waals surface area contributed by atoms with Crippen LogP contribution in [0.1, 0.15) is 30.3 Å². The molecule has 3 rings (SSSR count). The molecule has 0 spiro atoms. The van der Waals surface area contributed by atoms with Crippen LogP contribution in [0.3, 0.4) is 0 Å². The molecule has 6 heteroatoms. The lowest BCUT2D eigenvalue weighted by atomic mass is 10.2. The normalized spacial score (nSPS) is 15.6. The van der Waals surface area contributed by atoms with Crippen LogP contribution < -0.4 is 5.43 Å². The molecule has 120 valence electrons. The zero-order chi connectivity index (χ0) is 16.4. The van der Waals surface area contributed by atoms with Gasteiger partial charge in [-0.1, -0.05) is 12.1 Å². The molecule has 1 fully saturated rings. The lowest BCUT2D eigenvalue weighted by molar-refractivity contribution is -0.138. The lowest BCUT2D eigenvalue weighted by Crippen LogP contribution is -2.38. The Morgan fingerprint density at radius 1 is 1.22 bits per heavy atom. The Morgan fingerprint density at radius 3 is 2.65 bits per heavy atom. The maximum Gasteiger partial charge on any atom is 0.375 e. The van der Waals surface area contributed by atoms with Crippen LogP contribution in [0.25, 0.3) is 11.0 Å². The van der Waals surface area contributed by atoms with Gasteiger partial charge in [0.25, 0.3) is 5.91 Å². The zero-order valence-electron chi connectivity index (χ0n) is 12.8. The van der Waals surface area contributed by atoms with Gasteiger partial charge in [0.1, 0.15) is 5.58 Å². The van der Waals surface area contributed by atoms with Gasteiger partial charge < -0.3 is 14.1 Å². The molecule has 0 saturated carbocycles. The summed E-state index contributed by atoms with van der Waals surface area (Å²) >= 11 is 0. The third-order valence-electron chi connectivity index (χ3n) is 3.89. The van der Waals surface area contributed by atoms with Crippen molar-refractivity contribution in [3.05, 3.63) is 46.3 Å². The van der Waals surface area contributed by atoms with E-state index in [1.165, 1.54) is 6.92 Å². The third-order valence-corrected chi connectivity index (χ3v) is 3.89. The summed E-state index contributed by atoms with van der Waals surface area (Å²) in [5.74, 6) is -1.23. The van der Waals surface area contributed by atoms with Crippen molar-refractivity contribution >= 4 is 22.8 Å². The highest BCUT2D eigenvalue weighted by Gasteiger charge is 2.27. The summed E-state index contributed by atoms with van der Waals surface area (Å²) in [5.41, 5.74) is -0.0113. The maximum atomic E-state index is 12.1. The van der Waals surface area contributed by atoms with Crippen molar-refractivity contribution in [2.75, 3.05) is 13.1 Å². The number of benzene rings is 1. The topological polar surface area (TPSA) is 76.8 Å². The Kier molecular flexibility index (Phi) is 4.14. The fourth-order valence-corrected chi connectivity index (χ4v) is 2.67. The van der Waals surface area contributed by atoms with Gasteiger partial charge in [0, 0.05) is 19.2 Å². The predicted octanol–water partition coefficient (Wildman–Crippen LogP) is 1.96. The van der Waals surface area contributed by atoms with Gasteiger partial charge in [-0.2, -0.15) is 0 Å². The van der Waals surface area contributed by atoms with E-state index < -0.39 is 12.1 Å². The summed E-state index contributed by atoms with van der Waals surface area (Å²) in [6.07, 6.45) is 1.02. The molecule has 1 aromatic carbocycles. The quantitative estimate of drug-likeness (QED) is 0.809. The number of ether oxygens (including phenoxy) is 1. The second kappa shape index (κ2) is 6.24.